The number of hydrogen-bond acceptors (Lipinski definition) is 3. The summed E-state index contributed by atoms with van der Waals surface area (Å²) in [4.78, 5) is 0. The lowest BCUT2D eigenvalue weighted by molar-refractivity contribution is -0.0667. The fourth-order valence-electron chi connectivity index (χ4n) is 2.58. The van der Waals surface area contributed by atoms with Gasteiger partial charge in [-0.25, -0.2) is 0 Å². The molecule has 0 aromatic rings. The van der Waals surface area contributed by atoms with Crippen LogP contribution < -0.4 is 5.32 Å². The highest BCUT2D eigenvalue weighted by molar-refractivity contribution is 4.85. The Morgan fingerprint density at radius 2 is 2.00 bits per heavy atom. The molecule has 88 valence electrons. The van der Waals surface area contributed by atoms with E-state index >= 15 is 0 Å². The van der Waals surface area contributed by atoms with Crippen molar-refractivity contribution in [2.45, 2.75) is 57.2 Å². The van der Waals surface area contributed by atoms with Gasteiger partial charge in [-0.2, -0.15) is 0 Å². The molecule has 2 rings (SSSR count). The molecule has 15 heavy (non-hydrogen) atoms. The number of hydrogen-bond donors (Lipinski definition) is 1. The summed E-state index contributed by atoms with van der Waals surface area (Å²) < 4.78 is 11.2. The maximum absolute atomic E-state index is 5.71. The highest BCUT2D eigenvalue weighted by Gasteiger charge is 2.30. The summed E-state index contributed by atoms with van der Waals surface area (Å²) >= 11 is 0. The molecule has 2 atom stereocenters. The van der Waals surface area contributed by atoms with E-state index < -0.39 is 0 Å². The maximum Gasteiger partial charge on any atom is 0.0641 e. The van der Waals surface area contributed by atoms with Gasteiger partial charge in [-0.15, -0.1) is 0 Å². The second-order valence-electron chi connectivity index (χ2n) is 5.38. The van der Waals surface area contributed by atoms with Crippen LogP contribution in [0.1, 0.15) is 39.5 Å². The fourth-order valence-corrected chi connectivity index (χ4v) is 2.58. The number of nitrogens with one attached hydrogen (secondary N) is 1. The van der Waals surface area contributed by atoms with Crippen molar-refractivity contribution in [3.8, 4) is 0 Å². The van der Waals surface area contributed by atoms with Crippen LogP contribution in [-0.4, -0.2) is 37.5 Å². The van der Waals surface area contributed by atoms with Crippen LogP contribution in [0.25, 0.3) is 0 Å². The summed E-state index contributed by atoms with van der Waals surface area (Å²) in [6.45, 7) is 7.07. The minimum absolute atomic E-state index is 0.0471. The van der Waals surface area contributed by atoms with Crippen molar-refractivity contribution >= 4 is 0 Å². The molecule has 2 saturated heterocycles. The van der Waals surface area contributed by atoms with Crippen molar-refractivity contribution in [3.63, 3.8) is 0 Å². The smallest absolute Gasteiger partial charge is 0.0641 e. The van der Waals surface area contributed by atoms with Gasteiger partial charge in [0.15, 0.2) is 0 Å². The van der Waals surface area contributed by atoms with Crippen LogP contribution >= 0.6 is 0 Å². The zero-order valence-electron chi connectivity index (χ0n) is 9.92. The second-order valence-corrected chi connectivity index (χ2v) is 5.38. The van der Waals surface area contributed by atoms with E-state index in [-0.39, 0.29) is 5.60 Å². The molecular weight excluding hydrogens is 190 g/mol. The number of rotatable bonds is 2. The van der Waals surface area contributed by atoms with Crippen LogP contribution in [0.4, 0.5) is 0 Å². The molecule has 2 fully saturated rings. The molecule has 1 N–H and O–H groups in total. The minimum Gasteiger partial charge on any atom is -0.380 e. The maximum atomic E-state index is 5.71. The Morgan fingerprint density at radius 1 is 1.13 bits per heavy atom. The SMILES string of the molecule is CC1(C)CC(NC2CCCOC2)CCO1. The summed E-state index contributed by atoms with van der Waals surface area (Å²) in [6, 6.07) is 1.18. The van der Waals surface area contributed by atoms with Crippen LogP contribution in [0.2, 0.25) is 0 Å². The van der Waals surface area contributed by atoms with Crippen LogP contribution in [0.5, 0.6) is 0 Å². The Hall–Kier alpha value is -0.120. The highest BCUT2D eigenvalue weighted by Crippen LogP contribution is 2.24. The molecule has 0 spiro atoms. The molecule has 0 aromatic heterocycles. The van der Waals surface area contributed by atoms with Gasteiger partial charge in [-0.1, -0.05) is 0 Å². The summed E-state index contributed by atoms with van der Waals surface area (Å²) in [7, 11) is 0. The third kappa shape index (κ3) is 3.44. The van der Waals surface area contributed by atoms with Gasteiger partial charge in [0, 0.05) is 25.3 Å². The molecule has 0 aromatic carbocycles. The molecule has 3 nitrogen and oxygen atoms in total. The van der Waals surface area contributed by atoms with E-state index in [1.165, 1.54) is 12.8 Å². The molecule has 0 amide bonds. The van der Waals surface area contributed by atoms with Crippen LogP contribution in [0.3, 0.4) is 0 Å². The van der Waals surface area contributed by atoms with Crippen molar-refractivity contribution in [2.24, 2.45) is 0 Å². The van der Waals surface area contributed by atoms with E-state index in [0.29, 0.717) is 12.1 Å². The Labute approximate surface area is 92.5 Å². The van der Waals surface area contributed by atoms with Gasteiger partial charge < -0.3 is 14.8 Å². The van der Waals surface area contributed by atoms with Gasteiger partial charge in [0.05, 0.1) is 12.2 Å². The molecule has 0 bridgehead atoms. The van der Waals surface area contributed by atoms with E-state index in [2.05, 4.69) is 19.2 Å². The van der Waals surface area contributed by atoms with Gasteiger partial charge in [0.25, 0.3) is 0 Å². The normalized spacial score (nSPS) is 36.4. The predicted octanol–water partition coefficient (Wildman–Crippen LogP) is 1.71. The molecule has 0 saturated carbocycles. The summed E-state index contributed by atoms with van der Waals surface area (Å²) in [6.07, 6.45) is 4.71. The molecule has 2 aliphatic rings. The average Bonchev–Trinajstić information content (AvgIpc) is 2.17. The third-order valence-corrected chi connectivity index (χ3v) is 3.33. The predicted molar refractivity (Wildman–Crippen MR) is 60.0 cm³/mol. The highest BCUT2D eigenvalue weighted by atomic mass is 16.5. The molecule has 2 heterocycles. The van der Waals surface area contributed by atoms with Crippen LogP contribution in [0, 0.1) is 0 Å². The average molecular weight is 213 g/mol. The first-order valence-electron chi connectivity index (χ1n) is 6.13. The topological polar surface area (TPSA) is 30.5 Å². The lowest BCUT2D eigenvalue weighted by Crippen LogP contribution is -2.49. The van der Waals surface area contributed by atoms with Crippen molar-refractivity contribution in [2.75, 3.05) is 19.8 Å². The number of ether oxygens (including phenoxy) is 2. The Balaban J connectivity index is 1.78. The molecule has 0 aliphatic carbocycles. The molecule has 2 unspecified atom stereocenters. The van der Waals surface area contributed by atoms with Crippen molar-refractivity contribution in [1.29, 1.82) is 0 Å². The summed E-state index contributed by atoms with van der Waals surface area (Å²) in [5, 5.41) is 3.71. The zero-order chi connectivity index (χ0) is 10.7. The lowest BCUT2D eigenvalue weighted by atomic mass is 9.93. The van der Waals surface area contributed by atoms with Gasteiger partial charge >= 0.3 is 0 Å². The largest absolute Gasteiger partial charge is 0.380 e. The van der Waals surface area contributed by atoms with Gasteiger partial charge in [0.1, 0.15) is 0 Å². The summed E-state index contributed by atoms with van der Waals surface area (Å²) in [5.41, 5.74) is 0.0471. The van der Waals surface area contributed by atoms with E-state index in [1.807, 2.05) is 0 Å². The standard InChI is InChI=1S/C12H23NO2/c1-12(2)8-10(5-7-15-12)13-11-4-3-6-14-9-11/h10-11,13H,3-9H2,1-2H3. The fraction of sp³-hybridized carbons (Fsp3) is 1.00. The second kappa shape index (κ2) is 4.81. The lowest BCUT2D eigenvalue weighted by Gasteiger charge is -2.38. The minimum atomic E-state index is 0.0471. The first kappa shape index (κ1) is 11.4. The van der Waals surface area contributed by atoms with Crippen LogP contribution in [0.15, 0.2) is 0 Å². The molecule has 3 heteroatoms. The molecule has 2 aliphatic heterocycles. The molecule has 0 radical (unpaired) electrons. The van der Waals surface area contributed by atoms with E-state index in [4.69, 9.17) is 9.47 Å². The molecular formula is C12H23NO2. The van der Waals surface area contributed by atoms with Gasteiger partial charge in [-0.3, -0.25) is 0 Å². The quantitative estimate of drug-likeness (QED) is 0.757. The van der Waals surface area contributed by atoms with E-state index in [9.17, 15) is 0 Å². The Morgan fingerprint density at radius 3 is 2.67 bits per heavy atom. The van der Waals surface area contributed by atoms with Gasteiger partial charge in [0.2, 0.25) is 0 Å². The first-order chi connectivity index (χ1) is 7.16. The van der Waals surface area contributed by atoms with Crippen molar-refractivity contribution in [1.82, 2.24) is 5.32 Å². The summed E-state index contributed by atoms with van der Waals surface area (Å²) in [5.74, 6) is 0. The van der Waals surface area contributed by atoms with Gasteiger partial charge in [-0.05, 0) is 39.5 Å². The Kier molecular flexibility index (Phi) is 3.65. The van der Waals surface area contributed by atoms with E-state index in [1.54, 1.807) is 0 Å². The van der Waals surface area contributed by atoms with Crippen molar-refractivity contribution < 1.29 is 9.47 Å². The monoisotopic (exact) mass is 213 g/mol. The first-order valence-corrected chi connectivity index (χ1v) is 6.13. The van der Waals surface area contributed by atoms with E-state index in [0.717, 1.165) is 32.7 Å². The van der Waals surface area contributed by atoms with Crippen molar-refractivity contribution in [3.05, 3.63) is 0 Å². The Bertz CT molecular complexity index is 200. The van der Waals surface area contributed by atoms with Crippen LogP contribution in [-0.2, 0) is 9.47 Å². The zero-order valence-corrected chi connectivity index (χ0v) is 9.92. The third-order valence-electron chi connectivity index (χ3n) is 3.33.